The fraction of sp³-hybridized carbons (Fsp3) is 0.529. The predicted octanol–water partition coefficient (Wildman–Crippen LogP) is 2.21. The maximum absolute atomic E-state index is 12.7. The van der Waals surface area contributed by atoms with Crippen LogP contribution in [0.15, 0.2) is 24.3 Å². The number of carbonyl (C=O) groups is 2. The first-order valence-electron chi connectivity index (χ1n) is 8.14. The summed E-state index contributed by atoms with van der Waals surface area (Å²) in [6.07, 6.45) is 0.571. The minimum Gasteiger partial charge on any atom is -0.481 e. The molecule has 0 saturated carbocycles. The van der Waals surface area contributed by atoms with E-state index in [0.717, 1.165) is 5.56 Å². The van der Waals surface area contributed by atoms with E-state index in [4.69, 9.17) is 16.7 Å². The van der Waals surface area contributed by atoms with E-state index in [0.29, 0.717) is 18.0 Å². The molecule has 0 spiro atoms. The number of carboxylic acids is 1. The van der Waals surface area contributed by atoms with E-state index in [1.807, 2.05) is 38.1 Å². The zero-order valence-electron chi connectivity index (χ0n) is 14.0. The van der Waals surface area contributed by atoms with E-state index >= 15 is 0 Å². The van der Waals surface area contributed by atoms with Crippen LogP contribution in [-0.2, 0) is 9.59 Å². The highest BCUT2D eigenvalue weighted by molar-refractivity contribution is 6.30. The predicted molar refractivity (Wildman–Crippen MR) is 92.5 cm³/mol. The van der Waals surface area contributed by atoms with Crippen LogP contribution in [0.25, 0.3) is 0 Å². The monoisotopic (exact) mass is 353 g/mol. The van der Waals surface area contributed by atoms with Crippen molar-refractivity contribution in [3.05, 3.63) is 34.9 Å². The molecule has 7 heteroatoms. The second-order valence-electron chi connectivity index (χ2n) is 6.50. The molecule has 1 amide bonds. The van der Waals surface area contributed by atoms with Gasteiger partial charge in [0.05, 0.1) is 6.42 Å². The third-order valence-electron chi connectivity index (χ3n) is 3.97. The maximum atomic E-state index is 12.7. The lowest BCUT2D eigenvalue weighted by molar-refractivity contribution is -0.139. The third-order valence-corrected chi connectivity index (χ3v) is 4.22. The van der Waals surface area contributed by atoms with Crippen molar-refractivity contribution in [1.82, 2.24) is 15.8 Å². The van der Waals surface area contributed by atoms with Gasteiger partial charge in [-0.05, 0) is 30.0 Å². The van der Waals surface area contributed by atoms with Gasteiger partial charge in [-0.25, -0.2) is 10.9 Å². The molecule has 0 radical (unpaired) electrons. The molecular formula is C17H24ClN3O3. The Morgan fingerprint density at radius 1 is 1.29 bits per heavy atom. The first kappa shape index (κ1) is 18.7. The molecule has 2 atom stereocenters. The van der Waals surface area contributed by atoms with Crippen LogP contribution in [0.4, 0.5) is 0 Å². The van der Waals surface area contributed by atoms with Crippen molar-refractivity contribution in [2.45, 2.75) is 38.8 Å². The number of amides is 1. The first-order valence-corrected chi connectivity index (χ1v) is 8.51. The smallest absolute Gasteiger partial charge is 0.305 e. The van der Waals surface area contributed by atoms with E-state index < -0.39 is 5.97 Å². The minimum absolute atomic E-state index is 0.0246. The number of halogens is 1. The normalized spacial score (nSPS) is 20.3. The van der Waals surface area contributed by atoms with E-state index in [9.17, 15) is 9.59 Å². The second kappa shape index (κ2) is 8.46. The lowest BCUT2D eigenvalue weighted by atomic mass is 10.0. The number of aliphatic carboxylic acids is 1. The lowest BCUT2D eigenvalue weighted by Crippen LogP contribution is -2.47. The highest BCUT2D eigenvalue weighted by Crippen LogP contribution is 2.24. The van der Waals surface area contributed by atoms with Gasteiger partial charge in [-0.1, -0.05) is 37.6 Å². The Labute approximate surface area is 147 Å². The number of hydrogen-bond donors (Lipinski definition) is 3. The number of rotatable bonds is 7. The second-order valence-corrected chi connectivity index (χ2v) is 6.94. The van der Waals surface area contributed by atoms with Crippen molar-refractivity contribution in [2.75, 3.05) is 13.1 Å². The number of nitrogens with zero attached hydrogens (tertiary/aromatic N) is 1. The molecule has 1 heterocycles. The summed E-state index contributed by atoms with van der Waals surface area (Å²) in [5, 5.41) is 9.56. The van der Waals surface area contributed by atoms with Crippen molar-refractivity contribution < 1.29 is 14.7 Å². The Morgan fingerprint density at radius 3 is 2.54 bits per heavy atom. The summed E-state index contributed by atoms with van der Waals surface area (Å²) in [7, 11) is 0. The summed E-state index contributed by atoms with van der Waals surface area (Å²) < 4.78 is 0. The number of benzene rings is 1. The van der Waals surface area contributed by atoms with Crippen LogP contribution >= 0.6 is 11.6 Å². The SMILES string of the molecule is CC(C)CN(CCC(=O)O)C(=O)C1CC(c2ccc(Cl)cc2)NN1. The summed E-state index contributed by atoms with van der Waals surface area (Å²) >= 11 is 5.90. The Hall–Kier alpha value is -1.63. The summed E-state index contributed by atoms with van der Waals surface area (Å²) in [6.45, 7) is 4.81. The summed E-state index contributed by atoms with van der Waals surface area (Å²) in [5.41, 5.74) is 7.24. The van der Waals surface area contributed by atoms with Crippen molar-refractivity contribution in [1.29, 1.82) is 0 Å². The minimum atomic E-state index is -0.895. The average molecular weight is 354 g/mol. The largest absolute Gasteiger partial charge is 0.481 e. The number of hydrazine groups is 1. The van der Waals surface area contributed by atoms with Crippen molar-refractivity contribution in [3.8, 4) is 0 Å². The molecule has 1 aliphatic rings. The Kier molecular flexibility index (Phi) is 6.60. The van der Waals surface area contributed by atoms with Crippen LogP contribution in [0.5, 0.6) is 0 Å². The summed E-state index contributed by atoms with van der Waals surface area (Å²) in [5.74, 6) is -0.675. The Morgan fingerprint density at radius 2 is 1.96 bits per heavy atom. The first-order chi connectivity index (χ1) is 11.4. The zero-order chi connectivity index (χ0) is 17.7. The van der Waals surface area contributed by atoms with Crippen molar-refractivity contribution >= 4 is 23.5 Å². The van der Waals surface area contributed by atoms with Crippen LogP contribution in [0.2, 0.25) is 5.02 Å². The molecule has 3 N–H and O–H groups in total. The van der Waals surface area contributed by atoms with E-state index in [-0.39, 0.29) is 36.9 Å². The molecule has 1 saturated heterocycles. The standard InChI is InChI=1S/C17H24ClN3O3/c1-11(2)10-21(8-7-16(22)23)17(24)15-9-14(19-20-15)12-3-5-13(18)6-4-12/h3-6,11,14-15,19-20H,7-10H2,1-2H3,(H,22,23). The van der Waals surface area contributed by atoms with Crippen molar-refractivity contribution in [3.63, 3.8) is 0 Å². The van der Waals surface area contributed by atoms with Gasteiger partial charge in [0.2, 0.25) is 5.91 Å². The number of hydrogen-bond acceptors (Lipinski definition) is 4. The quantitative estimate of drug-likeness (QED) is 0.700. The number of nitrogens with one attached hydrogen (secondary N) is 2. The maximum Gasteiger partial charge on any atom is 0.305 e. The molecule has 2 rings (SSSR count). The van der Waals surface area contributed by atoms with E-state index in [1.54, 1.807) is 4.90 Å². The summed E-state index contributed by atoms with van der Waals surface area (Å²) in [4.78, 5) is 25.2. The molecule has 0 aliphatic carbocycles. The molecule has 1 aromatic carbocycles. The molecule has 1 aromatic rings. The summed E-state index contributed by atoms with van der Waals surface area (Å²) in [6, 6.07) is 7.18. The van der Waals surface area contributed by atoms with Gasteiger partial charge in [-0.3, -0.25) is 9.59 Å². The molecule has 1 aliphatic heterocycles. The Balaban J connectivity index is 1.99. The van der Waals surface area contributed by atoms with Crippen LogP contribution in [0.3, 0.4) is 0 Å². The molecule has 1 fully saturated rings. The molecule has 0 bridgehead atoms. The molecule has 0 aromatic heterocycles. The van der Waals surface area contributed by atoms with Gasteiger partial charge < -0.3 is 10.0 Å². The van der Waals surface area contributed by atoms with Gasteiger partial charge in [0.25, 0.3) is 0 Å². The lowest BCUT2D eigenvalue weighted by Gasteiger charge is -2.26. The van der Waals surface area contributed by atoms with E-state index in [1.165, 1.54) is 0 Å². The molecular weight excluding hydrogens is 330 g/mol. The molecule has 24 heavy (non-hydrogen) atoms. The molecule has 132 valence electrons. The van der Waals surface area contributed by atoms with Crippen LogP contribution in [-0.4, -0.2) is 41.0 Å². The molecule has 6 nitrogen and oxygen atoms in total. The van der Waals surface area contributed by atoms with Gasteiger partial charge in [-0.2, -0.15) is 0 Å². The fourth-order valence-corrected chi connectivity index (χ4v) is 2.94. The zero-order valence-corrected chi connectivity index (χ0v) is 14.7. The van der Waals surface area contributed by atoms with Gasteiger partial charge in [0.15, 0.2) is 0 Å². The highest BCUT2D eigenvalue weighted by atomic mass is 35.5. The van der Waals surface area contributed by atoms with E-state index in [2.05, 4.69) is 10.9 Å². The van der Waals surface area contributed by atoms with Crippen LogP contribution < -0.4 is 10.9 Å². The average Bonchev–Trinajstić information content (AvgIpc) is 3.01. The topological polar surface area (TPSA) is 81.7 Å². The number of carbonyl (C=O) groups excluding carboxylic acids is 1. The third kappa shape index (κ3) is 5.19. The van der Waals surface area contributed by atoms with Crippen LogP contribution in [0.1, 0.15) is 38.3 Å². The Bertz CT molecular complexity index is 577. The van der Waals surface area contributed by atoms with Gasteiger partial charge in [-0.15, -0.1) is 0 Å². The fourth-order valence-electron chi connectivity index (χ4n) is 2.82. The van der Waals surface area contributed by atoms with Crippen molar-refractivity contribution in [2.24, 2.45) is 5.92 Å². The van der Waals surface area contributed by atoms with Gasteiger partial charge in [0.1, 0.15) is 6.04 Å². The number of carboxylic acid groups (broad SMARTS) is 1. The van der Waals surface area contributed by atoms with Crippen LogP contribution in [0, 0.1) is 5.92 Å². The van der Waals surface area contributed by atoms with Gasteiger partial charge in [0, 0.05) is 24.2 Å². The molecule has 2 unspecified atom stereocenters. The highest BCUT2D eigenvalue weighted by Gasteiger charge is 2.33. The van der Waals surface area contributed by atoms with Gasteiger partial charge >= 0.3 is 5.97 Å².